The van der Waals surface area contributed by atoms with Crippen molar-refractivity contribution in [2.45, 2.75) is 146 Å². The maximum Gasteiger partial charge on any atom is 0.303 e. The van der Waals surface area contributed by atoms with Gasteiger partial charge in [-0.05, 0) is 46.6 Å². The second-order valence-corrected chi connectivity index (χ2v) is 13.0. The van der Waals surface area contributed by atoms with Crippen LogP contribution >= 0.6 is 0 Å². The van der Waals surface area contributed by atoms with Crippen LogP contribution in [0.2, 0.25) is 0 Å². The summed E-state index contributed by atoms with van der Waals surface area (Å²) in [4.78, 5) is 63.1. The van der Waals surface area contributed by atoms with Crippen molar-refractivity contribution in [3.8, 4) is 0 Å². The smallest absolute Gasteiger partial charge is 0.303 e. The van der Waals surface area contributed by atoms with Gasteiger partial charge in [-0.25, -0.2) is 0 Å². The van der Waals surface area contributed by atoms with Crippen LogP contribution in [0.3, 0.4) is 0 Å². The lowest BCUT2D eigenvalue weighted by molar-refractivity contribution is -0.158. The summed E-state index contributed by atoms with van der Waals surface area (Å²) in [6.07, 6.45) is 0.767. The van der Waals surface area contributed by atoms with Gasteiger partial charge in [0.05, 0.1) is 11.8 Å². The largest absolute Gasteiger partial charge is 0.465 e. The molecule has 10 heteroatoms. The van der Waals surface area contributed by atoms with E-state index in [2.05, 4.69) is 0 Å². The molecule has 0 fully saturated rings. The number of esters is 3. The molecule has 0 bridgehead atoms. The summed E-state index contributed by atoms with van der Waals surface area (Å²) in [5.41, 5.74) is 2.23. The summed E-state index contributed by atoms with van der Waals surface area (Å²) in [6.45, 7) is 23.8. The van der Waals surface area contributed by atoms with E-state index < -0.39 is 54.0 Å². The Morgan fingerprint density at radius 2 is 1.15 bits per heavy atom. The first-order valence-corrected chi connectivity index (χ1v) is 16.8. The minimum Gasteiger partial charge on any atom is -0.465 e. The molecule has 2 aromatic rings. The zero-order valence-corrected chi connectivity index (χ0v) is 31.1. The van der Waals surface area contributed by atoms with Crippen molar-refractivity contribution in [2.75, 3.05) is 0 Å². The third-order valence-electron chi connectivity index (χ3n) is 9.23. The standard InChI is InChI=1S/C38H54O10/c1-15-30-20(5)32(42)23(8)37(47-30)26(11)38(46-29(14)41)25(10)35(45-28(13)40)19(4)17-18(3)34-22(7)33(43)24(9)36(48-34)21(6)31(16-2)44-27(12)39/h17-18,21,25-26,31,35,38H,15-16H2,1-14H3/b19-17+/t18-,21+,25+,26+,31+,35-,38-/m1/s1. The molecule has 0 aliphatic rings. The van der Waals surface area contributed by atoms with Gasteiger partial charge in [0.15, 0.2) is 10.9 Å². The molecular formula is C38H54O10. The lowest BCUT2D eigenvalue weighted by atomic mass is 9.83. The molecule has 2 rings (SSSR count). The number of hydrogen-bond donors (Lipinski definition) is 0. The molecule has 0 unspecified atom stereocenters. The van der Waals surface area contributed by atoms with E-state index in [1.807, 2.05) is 54.5 Å². The molecule has 0 N–H and O–H groups in total. The Hall–Kier alpha value is -3.95. The van der Waals surface area contributed by atoms with Gasteiger partial charge in [-0.15, -0.1) is 0 Å². The van der Waals surface area contributed by atoms with E-state index in [9.17, 15) is 24.0 Å². The molecule has 7 atom stereocenters. The highest BCUT2D eigenvalue weighted by Crippen LogP contribution is 2.36. The molecule has 0 aromatic carbocycles. The summed E-state index contributed by atoms with van der Waals surface area (Å²) < 4.78 is 29.9. The monoisotopic (exact) mass is 670 g/mol. The maximum absolute atomic E-state index is 13.4. The van der Waals surface area contributed by atoms with Crippen LogP contribution in [0.1, 0.15) is 139 Å². The molecule has 2 heterocycles. The fourth-order valence-corrected chi connectivity index (χ4v) is 6.68. The van der Waals surface area contributed by atoms with Gasteiger partial charge < -0.3 is 23.0 Å². The molecule has 48 heavy (non-hydrogen) atoms. The van der Waals surface area contributed by atoms with Crippen LogP contribution < -0.4 is 10.9 Å². The van der Waals surface area contributed by atoms with E-state index in [1.165, 1.54) is 20.8 Å². The van der Waals surface area contributed by atoms with Gasteiger partial charge in [0.1, 0.15) is 41.4 Å². The van der Waals surface area contributed by atoms with Crippen molar-refractivity contribution in [2.24, 2.45) is 5.92 Å². The number of aryl methyl sites for hydroxylation is 1. The fourth-order valence-electron chi connectivity index (χ4n) is 6.68. The normalized spacial score (nSPS) is 16.2. The van der Waals surface area contributed by atoms with E-state index >= 15 is 0 Å². The Bertz CT molecular complexity index is 1640. The third kappa shape index (κ3) is 9.14. The predicted molar refractivity (Wildman–Crippen MR) is 183 cm³/mol. The molecule has 2 aromatic heterocycles. The van der Waals surface area contributed by atoms with E-state index in [0.717, 1.165) is 0 Å². The molecule has 0 aliphatic carbocycles. The SMILES string of the molecule is CCc1oc([C@H](C)[C@H](OC(C)=O)[C@@H](C)[C@H](OC(C)=O)/C(C)=C/[C@@H](C)c2oc([C@@H](C)[C@H](CC)OC(C)=O)c(C)c(=O)c2C)c(C)c(=O)c1C. The Kier molecular flexibility index (Phi) is 14.2. The number of ether oxygens (including phenoxy) is 3. The Morgan fingerprint density at radius 3 is 1.62 bits per heavy atom. The molecule has 10 nitrogen and oxygen atoms in total. The van der Waals surface area contributed by atoms with Gasteiger partial charge in [-0.1, -0.05) is 47.6 Å². The average molecular weight is 671 g/mol. The number of carbonyl (C=O) groups is 3. The lowest BCUT2D eigenvalue weighted by Gasteiger charge is -2.34. The van der Waals surface area contributed by atoms with Crippen molar-refractivity contribution in [1.29, 1.82) is 0 Å². The van der Waals surface area contributed by atoms with Crippen molar-refractivity contribution in [3.63, 3.8) is 0 Å². The maximum atomic E-state index is 13.4. The summed E-state index contributed by atoms with van der Waals surface area (Å²) >= 11 is 0. The molecule has 0 aliphatic heterocycles. The van der Waals surface area contributed by atoms with Crippen LogP contribution in [0.5, 0.6) is 0 Å². The minimum absolute atomic E-state index is 0.127. The van der Waals surface area contributed by atoms with E-state index in [4.69, 9.17) is 23.0 Å². The minimum atomic E-state index is -0.843. The molecule has 0 saturated heterocycles. The highest BCUT2D eigenvalue weighted by molar-refractivity contribution is 5.67. The van der Waals surface area contributed by atoms with Crippen LogP contribution in [0, 0.1) is 33.6 Å². The van der Waals surface area contributed by atoms with Crippen LogP contribution in [-0.4, -0.2) is 36.2 Å². The van der Waals surface area contributed by atoms with E-state index in [-0.39, 0.29) is 16.8 Å². The van der Waals surface area contributed by atoms with Crippen LogP contribution in [0.4, 0.5) is 0 Å². The summed E-state index contributed by atoms with van der Waals surface area (Å²) in [5.74, 6) is -1.56. The van der Waals surface area contributed by atoms with Crippen LogP contribution in [-0.2, 0) is 35.0 Å². The van der Waals surface area contributed by atoms with Gasteiger partial charge >= 0.3 is 17.9 Å². The van der Waals surface area contributed by atoms with Crippen LogP contribution in [0.25, 0.3) is 0 Å². The zero-order valence-electron chi connectivity index (χ0n) is 31.1. The summed E-state index contributed by atoms with van der Waals surface area (Å²) in [6, 6.07) is 0. The highest BCUT2D eigenvalue weighted by Gasteiger charge is 2.38. The van der Waals surface area contributed by atoms with Gasteiger partial charge in [0, 0.05) is 61.3 Å². The molecule has 266 valence electrons. The number of hydrogen-bond acceptors (Lipinski definition) is 10. The van der Waals surface area contributed by atoms with Gasteiger partial charge in [-0.3, -0.25) is 24.0 Å². The Labute approximate surface area is 284 Å². The zero-order chi connectivity index (χ0) is 36.8. The summed E-state index contributed by atoms with van der Waals surface area (Å²) in [5, 5.41) is 0. The Morgan fingerprint density at radius 1 is 0.667 bits per heavy atom. The number of rotatable bonds is 14. The fraction of sp³-hybridized carbons (Fsp3) is 0.605. The quantitative estimate of drug-likeness (QED) is 0.115. The molecule has 0 spiro atoms. The van der Waals surface area contributed by atoms with Gasteiger partial charge in [0.25, 0.3) is 0 Å². The predicted octanol–water partition coefficient (Wildman–Crippen LogP) is 7.19. The molecule has 0 radical (unpaired) electrons. The van der Waals surface area contributed by atoms with E-state index in [1.54, 1.807) is 27.7 Å². The molecule has 0 amide bonds. The van der Waals surface area contributed by atoms with Crippen molar-refractivity contribution < 1.29 is 37.4 Å². The number of allylic oxidation sites excluding steroid dienone is 1. The molecular weight excluding hydrogens is 616 g/mol. The number of carbonyl (C=O) groups excluding carboxylic acids is 3. The Balaban J connectivity index is 2.66. The first-order valence-electron chi connectivity index (χ1n) is 16.8. The first-order chi connectivity index (χ1) is 22.3. The van der Waals surface area contributed by atoms with Gasteiger partial charge in [0.2, 0.25) is 0 Å². The van der Waals surface area contributed by atoms with E-state index in [0.29, 0.717) is 63.7 Å². The highest BCUT2D eigenvalue weighted by atomic mass is 16.6. The first kappa shape index (κ1) is 40.2. The second-order valence-electron chi connectivity index (χ2n) is 13.0. The average Bonchev–Trinajstić information content (AvgIpc) is 3.01. The summed E-state index contributed by atoms with van der Waals surface area (Å²) in [7, 11) is 0. The lowest BCUT2D eigenvalue weighted by Crippen LogP contribution is -2.40. The topological polar surface area (TPSA) is 139 Å². The van der Waals surface area contributed by atoms with Gasteiger partial charge in [-0.2, -0.15) is 0 Å². The molecule has 0 saturated carbocycles. The van der Waals surface area contributed by atoms with Crippen molar-refractivity contribution in [1.82, 2.24) is 0 Å². The third-order valence-corrected chi connectivity index (χ3v) is 9.23. The van der Waals surface area contributed by atoms with Crippen LogP contribution in [0.15, 0.2) is 30.1 Å². The second kappa shape index (κ2) is 16.9. The van der Waals surface area contributed by atoms with Crippen molar-refractivity contribution in [3.05, 3.63) is 77.4 Å². The van der Waals surface area contributed by atoms with Crippen molar-refractivity contribution >= 4 is 17.9 Å².